The van der Waals surface area contributed by atoms with Gasteiger partial charge in [-0.1, -0.05) is 85.0 Å². The fourth-order valence-electron chi connectivity index (χ4n) is 12.9. The number of allylic oxidation sites excluding steroid dienone is 12. The van der Waals surface area contributed by atoms with Gasteiger partial charge in [-0.25, -0.2) is 27.5 Å². The first-order valence-corrected chi connectivity index (χ1v) is 23.1. The van der Waals surface area contributed by atoms with E-state index in [0.29, 0.717) is 0 Å². The van der Waals surface area contributed by atoms with Gasteiger partial charge in [-0.05, 0) is 143 Å². The molecule has 0 radical (unpaired) electrons. The molecule has 6 unspecified atom stereocenters. The van der Waals surface area contributed by atoms with E-state index in [4.69, 9.17) is 9.98 Å². The summed E-state index contributed by atoms with van der Waals surface area (Å²) in [6.45, 7) is 0. The van der Waals surface area contributed by atoms with Crippen molar-refractivity contribution in [3.8, 4) is 0 Å². The Morgan fingerprint density at radius 2 is 0.615 bits per heavy atom. The van der Waals surface area contributed by atoms with Crippen LogP contribution in [0.15, 0.2) is 177 Å². The minimum atomic E-state index is -0.350. The van der Waals surface area contributed by atoms with Crippen molar-refractivity contribution in [2.24, 2.45) is 33.7 Å². The summed E-state index contributed by atoms with van der Waals surface area (Å²) < 4.78 is 60.4. The Morgan fingerprint density at radius 3 is 0.923 bits per heavy atom. The molecule has 0 amide bonds. The fraction of sp³-hybridized carbons (Fsp3) is 0.207. The van der Waals surface area contributed by atoms with Crippen molar-refractivity contribution in [3.05, 3.63) is 235 Å². The van der Waals surface area contributed by atoms with E-state index in [1.807, 2.05) is 48.5 Å². The Balaban J connectivity index is 1.23. The maximum Gasteiger partial charge on any atom is 0.123 e. The Morgan fingerprint density at radius 1 is 0.338 bits per heavy atom. The van der Waals surface area contributed by atoms with Crippen LogP contribution in [0.4, 0.5) is 17.6 Å². The first-order chi connectivity index (χ1) is 31.9. The zero-order valence-electron chi connectivity index (χ0n) is 35.3. The highest BCUT2D eigenvalue weighted by Gasteiger charge is 2.48. The second kappa shape index (κ2) is 13.8. The standard InChI is InChI=1S/C58H41F4N3/c59-39-21-13-35(14-22-39)45-46(36-15-23-40(60)24-16-36)54-44-30-3-7-32(8-4-30)48(44)56(64-54)52(38-19-27-42(62)28-20-38)58-50-34-11-9-33(10-12-34)49(50)57(65-58)51(37-17-25-41(61)26-18-37)55-47-31-5-1-29(2-6-31)43(47)53(45)63-55/h1,3,5,7,9,11,13-34,65H,2,4,6,8,10,12H2. The van der Waals surface area contributed by atoms with Crippen LogP contribution in [0.5, 0.6) is 0 Å². The molecule has 1 aromatic heterocycles. The number of aromatic nitrogens is 1. The van der Waals surface area contributed by atoms with E-state index in [1.54, 1.807) is 0 Å². The lowest BCUT2D eigenvalue weighted by Gasteiger charge is -2.36. The number of hydrogen-bond acceptors (Lipinski definition) is 2. The normalized spacial score (nSPS) is 26.4. The lowest BCUT2D eigenvalue weighted by Crippen LogP contribution is -2.27. The molecule has 17 rings (SSSR count). The van der Waals surface area contributed by atoms with E-state index in [0.717, 1.165) is 140 Å². The molecule has 0 spiro atoms. The summed E-state index contributed by atoms with van der Waals surface area (Å²) in [5.74, 6) is -0.779. The molecule has 7 heteroatoms. The summed E-state index contributed by atoms with van der Waals surface area (Å²) in [7, 11) is 0. The fourth-order valence-corrected chi connectivity index (χ4v) is 12.9. The quantitative estimate of drug-likeness (QED) is 0.138. The van der Waals surface area contributed by atoms with Gasteiger partial charge >= 0.3 is 0 Å². The van der Waals surface area contributed by atoms with Crippen LogP contribution >= 0.6 is 0 Å². The lowest BCUT2D eigenvalue weighted by atomic mass is 9.66. The largest absolute Gasteiger partial charge is 0.354 e. The van der Waals surface area contributed by atoms with E-state index >= 15 is 17.6 Å². The average molecular weight is 856 g/mol. The molecule has 5 aromatic rings. The van der Waals surface area contributed by atoms with Crippen molar-refractivity contribution in [1.29, 1.82) is 0 Å². The molecule has 2 aliphatic heterocycles. The van der Waals surface area contributed by atoms with Gasteiger partial charge in [-0.3, -0.25) is 0 Å². The van der Waals surface area contributed by atoms with Crippen molar-refractivity contribution in [3.63, 3.8) is 0 Å². The molecule has 0 fully saturated rings. The smallest absolute Gasteiger partial charge is 0.123 e. The summed E-state index contributed by atoms with van der Waals surface area (Å²) in [4.78, 5) is 16.0. The molecule has 65 heavy (non-hydrogen) atoms. The summed E-state index contributed by atoms with van der Waals surface area (Å²) >= 11 is 0. The summed E-state index contributed by atoms with van der Waals surface area (Å²) in [5.41, 5.74) is 19.0. The van der Waals surface area contributed by atoms with Gasteiger partial charge in [-0.2, -0.15) is 0 Å². The number of aromatic amines is 1. The number of fused-ring (bicyclic) bond motifs is 3. The van der Waals surface area contributed by atoms with Crippen molar-refractivity contribution >= 4 is 33.7 Å². The van der Waals surface area contributed by atoms with E-state index < -0.39 is 0 Å². The first-order valence-electron chi connectivity index (χ1n) is 23.1. The summed E-state index contributed by atoms with van der Waals surface area (Å²) in [6.07, 6.45) is 19.9. The predicted octanol–water partition coefficient (Wildman–Crippen LogP) is 13.9. The monoisotopic (exact) mass is 855 g/mol. The number of rotatable bonds is 4. The number of H-pyrrole nitrogens is 1. The van der Waals surface area contributed by atoms with E-state index in [-0.39, 0.29) is 58.8 Å². The van der Waals surface area contributed by atoms with Crippen LogP contribution in [-0.2, 0) is 0 Å². The van der Waals surface area contributed by atoms with Gasteiger partial charge in [0.15, 0.2) is 0 Å². The minimum absolute atomic E-state index is 0.0695. The van der Waals surface area contributed by atoms with E-state index in [9.17, 15) is 0 Å². The van der Waals surface area contributed by atoms with Crippen LogP contribution in [0.1, 0.15) is 95.1 Å². The van der Waals surface area contributed by atoms with Gasteiger partial charge in [0.2, 0.25) is 0 Å². The van der Waals surface area contributed by atoms with Crippen LogP contribution in [-0.4, -0.2) is 16.4 Å². The Bertz CT molecular complexity index is 3070. The van der Waals surface area contributed by atoms with E-state index in [2.05, 4.69) is 41.4 Å². The zero-order chi connectivity index (χ0) is 43.2. The van der Waals surface area contributed by atoms with Crippen molar-refractivity contribution < 1.29 is 17.6 Å². The van der Waals surface area contributed by atoms with Crippen LogP contribution in [0.25, 0.3) is 22.3 Å². The van der Waals surface area contributed by atoms with Crippen molar-refractivity contribution in [1.82, 2.24) is 4.98 Å². The van der Waals surface area contributed by atoms with Gasteiger partial charge in [-0.15, -0.1) is 0 Å². The summed E-state index contributed by atoms with van der Waals surface area (Å²) in [6, 6.07) is 27.0. The number of aliphatic imine (C=N–C) groups is 2. The van der Waals surface area contributed by atoms with Crippen LogP contribution < -0.4 is 0 Å². The number of hydrogen-bond donors (Lipinski definition) is 1. The molecule has 12 bridgehead atoms. The highest BCUT2D eigenvalue weighted by molar-refractivity contribution is 6.50. The molecule has 4 aromatic carbocycles. The summed E-state index contributed by atoms with van der Waals surface area (Å²) in [5, 5.41) is 0. The molecular weight excluding hydrogens is 815 g/mol. The van der Waals surface area contributed by atoms with Crippen LogP contribution in [0, 0.1) is 46.9 Å². The third kappa shape index (κ3) is 5.41. The maximum absolute atomic E-state index is 15.1. The van der Waals surface area contributed by atoms with Gasteiger partial charge in [0, 0.05) is 57.8 Å². The molecule has 0 saturated heterocycles. The molecule has 10 aliphatic carbocycles. The molecule has 6 atom stereocenters. The lowest BCUT2D eigenvalue weighted by molar-refractivity contribution is 0.502. The molecule has 12 aliphatic rings. The van der Waals surface area contributed by atoms with Crippen LogP contribution in [0.3, 0.4) is 0 Å². The minimum Gasteiger partial charge on any atom is -0.354 e. The molecule has 0 saturated carbocycles. The average Bonchev–Trinajstić information content (AvgIpc) is 4.08. The Labute approximate surface area is 374 Å². The third-order valence-corrected chi connectivity index (χ3v) is 15.7. The van der Waals surface area contributed by atoms with E-state index in [1.165, 1.54) is 59.7 Å². The van der Waals surface area contributed by atoms with Gasteiger partial charge in [0.25, 0.3) is 0 Å². The topological polar surface area (TPSA) is 40.5 Å². The maximum atomic E-state index is 15.1. The molecule has 1 N–H and O–H groups in total. The molecular formula is C58H41F4N3. The van der Waals surface area contributed by atoms with Crippen molar-refractivity contribution in [2.75, 3.05) is 0 Å². The number of benzene rings is 4. The second-order valence-electron chi connectivity index (χ2n) is 19.0. The second-order valence-corrected chi connectivity index (χ2v) is 19.0. The van der Waals surface area contributed by atoms with Gasteiger partial charge < -0.3 is 4.98 Å². The third-order valence-electron chi connectivity index (χ3n) is 15.7. The zero-order valence-corrected chi connectivity index (χ0v) is 35.3. The SMILES string of the molecule is Fc1ccc(C2=C(c3ccc(F)cc3)C3=NC(=C(c4ccc(F)cc4)c4[nH]c(c5c4C4C=CC5CC4)C(c4ccc(F)cc4)=C4N=C2C2=C4C4C=CC2CC4)C2=C3C3C=CC2CC3)cc1. The van der Waals surface area contributed by atoms with Crippen molar-refractivity contribution in [2.45, 2.75) is 50.4 Å². The molecule has 316 valence electrons. The van der Waals surface area contributed by atoms with Gasteiger partial charge in [0.05, 0.1) is 34.2 Å². The highest BCUT2D eigenvalue weighted by Crippen LogP contribution is 2.59. The van der Waals surface area contributed by atoms with Gasteiger partial charge in [0.1, 0.15) is 23.3 Å². The Hall–Kier alpha value is -6.86. The first kappa shape index (κ1) is 37.5. The van der Waals surface area contributed by atoms with Crippen LogP contribution in [0.2, 0.25) is 0 Å². The number of halogens is 4. The molecule has 3 heterocycles. The highest BCUT2D eigenvalue weighted by atomic mass is 19.1. The predicted molar refractivity (Wildman–Crippen MR) is 249 cm³/mol. The number of nitrogens with one attached hydrogen (secondary N) is 1. The Kier molecular flexibility index (Phi) is 7.98. The number of nitrogens with zero attached hydrogens (tertiary/aromatic N) is 2. The molecule has 3 nitrogen and oxygen atoms in total.